The van der Waals surface area contributed by atoms with Crippen LogP contribution in [0, 0.1) is 18.6 Å². The third-order valence-electron chi connectivity index (χ3n) is 6.44. The van der Waals surface area contributed by atoms with Gasteiger partial charge in [-0.05, 0) is 37.5 Å². The third-order valence-corrected chi connectivity index (χ3v) is 6.44. The quantitative estimate of drug-likeness (QED) is 0.759. The molecule has 2 aromatic carbocycles. The van der Waals surface area contributed by atoms with Gasteiger partial charge >= 0.3 is 0 Å². The zero-order valence-electron chi connectivity index (χ0n) is 17.5. The lowest BCUT2D eigenvalue weighted by Gasteiger charge is -2.40. The first-order valence-electron chi connectivity index (χ1n) is 10.8. The lowest BCUT2D eigenvalue weighted by Crippen LogP contribution is -2.50. The van der Waals surface area contributed by atoms with Gasteiger partial charge < -0.3 is 9.80 Å². The second kappa shape index (κ2) is 9.13. The molecule has 1 unspecified atom stereocenters. The highest BCUT2D eigenvalue weighted by Crippen LogP contribution is 2.25. The molecule has 2 heterocycles. The van der Waals surface area contributed by atoms with Crippen LogP contribution >= 0.6 is 0 Å². The highest BCUT2D eigenvalue weighted by Gasteiger charge is 2.29. The van der Waals surface area contributed by atoms with Crippen LogP contribution in [0.2, 0.25) is 0 Å². The number of halogens is 2. The maximum Gasteiger partial charge on any atom is 0.222 e. The molecule has 1 amide bonds. The number of carbonyl (C=O) groups is 1. The maximum absolute atomic E-state index is 14.0. The number of nitrogens with zero attached hydrogens (tertiary/aromatic N) is 3. The van der Waals surface area contributed by atoms with Crippen LogP contribution in [0.4, 0.5) is 14.5 Å². The molecule has 2 aliphatic rings. The molecule has 0 bridgehead atoms. The van der Waals surface area contributed by atoms with Crippen molar-refractivity contribution in [3.63, 3.8) is 0 Å². The van der Waals surface area contributed by atoms with Gasteiger partial charge in [0.1, 0.15) is 11.6 Å². The van der Waals surface area contributed by atoms with Crippen molar-refractivity contribution in [1.29, 1.82) is 0 Å². The van der Waals surface area contributed by atoms with Crippen LogP contribution in [0.1, 0.15) is 30.4 Å². The fourth-order valence-electron chi connectivity index (χ4n) is 4.66. The number of likely N-dealkylation sites (tertiary alicyclic amines) is 1. The Morgan fingerprint density at radius 2 is 1.73 bits per heavy atom. The van der Waals surface area contributed by atoms with Gasteiger partial charge in [-0.3, -0.25) is 9.69 Å². The first kappa shape index (κ1) is 20.8. The van der Waals surface area contributed by atoms with Gasteiger partial charge in [0.15, 0.2) is 0 Å². The number of anilines is 1. The van der Waals surface area contributed by atoms with E-state index in [0.717, 1.165) is 45.1 Å². The van der Waals surface area contributed by atoms with Crippen molar-refractivity contribution in [2.45, 2.75) is 38.8 Å². The van der Waals surface area contributed by atoms with Crippen LogP contribution < -0.4 is 4.90 Å². The number of piperazine rings is 1. The summed E-state index contributed by atoms with van der Waals surface area (Å²) in [4.78, 5) is 19.3. The van der Waals surface area contributed by atoms with Crippen molar-refractivity contribution in [3.05, 3.63) is 65.2 Å². The minimum Gasteiger partial charge on any atom is -0.369 e. The largest absolute Gasteiger partial charge is 0.369 e. The number of para-hydroxylation sites is 1. The summed E-state index contributed by atoms with van der Waals surface area (Å²) >= 11 is 0. The smallest absolute Gasteiger partial charge is 0.222 e. The number of carbonyl (C=O) groups excluding carboxylic acids is 1. The highest BCUT2D eigenvalue weighted by molar-refractivity contribution is 5.76. The molecule has 30 heavy (non-hydrogen) atoms. The summed E-state index contributed by atoms with van der Waals surface area (Å²) < 4.78 is 27.2. The molecule has 0 spiro atoms. The molecule has 1 atom stereocenters. The number of rotatable bonds is 4. The molecule has 6 heteroatoms. The predicted molar refractivity (Wildman–Crippen MR) is 114 cm³/mol. The summed E-state index contributed by atoms with van der Waals surface area (Å²) in [5.41, 5.74) is 2.98. The standard InChI is InChI=1S/C24H29F2N3O/c1-18-4-2-3-5-23(18)28-14-12-27(13-15-28)21-8-9-24(30)29(11-10-21)17-19-6-7-20(25)16-22(19)26/h2-7,16,21H,8-15,17H2,1H3. The van der Waals surface area contributed by atoms with E-state index >= 15 is 0 Å². The van der Waals surface area contributed by atoms with E-state index in [4.69, 9.17) is 0 Å². The summed E-state index contributed by atoms with van der Waals surface area (Å²) in [6, 6.07) is 12.4. The molecule has 0 saturated carbocycles. The van der Waals surface area contributed by atoms with E-state index < -0.39 is 11.6 Å². The molecule has 0 N–H and O–H groups in total. The van der Waals surface area contributed by atoms with Gasteiger partial charge in [-0.1, -0.05) is 24.3 Å². The Labute approximate surface area is 177 Å². The molecule has 2 fully saturated rings. The molecule has 2 aliphatic heterocycles. The van der Waals surface area contributed by atoms with Gasteiger partial charge in [0, 0.05) is 69.0 Å². The Morgan fingerprint density at radius 1 is 0.967 bits per heavy atom. The monoisotopic (exact) mass is 413 g/mol. The van der Waals surface area contributed by atoms with E-state index in [1.165, 1.54) is 23.4 Å². The van der Waals surface area contributed by atoms with Crippen LogP contribution in [-0.2, 0) is 11.3 Å². The number of amides is 1. The van der Waals surface area contributed by atoms with Crippen LogP contribution in [-0.4, -0.2) is 54.5 Å². The Bertz CT molecular complexity index is 896. The topological polar surface area (TPSA) is 26.8 Å². The first-order chi connectivity index (χ1) is 14.5. The van der Waals surface area contributed by atoms with E-state index in [2.05, 4.69) is 41.0 Å². The lowest BCUT2D eigenvalue weighted by atomic mass is 10.1. The van der Waals surface area contributed by atoms with Crippen molar-refractivity contribution in [2.75, 3.05) is 37.6 Å². The van der Waals surface area contributed by atoms with Crippen LogP contribution in [0.3, 0.4) is 0 Å². The summed E-state index contributed by atoms with van der Waals surface area (Å²) in [7, 11) is 0. The number of aryl methyl sites for hydroxylation is 1. The average Bonchev–Trinajstić information content (AvgIpc) is 2.92. The van der Waals surface area contributed by atoms with E-state index in [1.54, 1.807) is 4.90 Å². The minimum absolute atomic E-state index is 0.0553. The molecule has 0 aliphatic carbocycles. The minimum atomic E-state index is -0.594. The zero-order valence-corrected chi connectivity index (χ0v) is 17.5. The van der Waals surface area contributed by atoms with Gasteiger partial charge in [-0.2, -0.15) is 0 Å². The van der Waals surface area contributed by atoms with Crippen LogP contribution in [0.5, 0.6) is 0 Å². The van der Waals surface area contributed by atoms with Crippen molar-refractivity contribution >= 4 is 11.6 Å². The van der Waals surface area contributed by atoms with E-state index in [0.29, 0.717) is 24.6 Å². The maximum atomic E-state index is 14.0. The molecule has 0 radical (unpaired) electrons. The Kier molecular flexibility index (Phi) is 6.32. The van der Waals surface area contributed by atoms with Crippen molar-refractivity contribution in [3.8, 4) is 0 Å². The Morgan fingerprint density at radius 3 is 2.47 bits per heavy atom. The average molecular weight is 414 g/mol. The van der Waals surface area contributed by atoms with Gasteiger partial charge in [-0.25, -0.2) is 8.78 Å². The summed E-state index contributed by atoms with van der Waals surface area (Å²) in [5.74, 6) is -1.13. The van der Waals surface area contributed by atoms with E-state index in [9.17, 15) is 13.6 Å². The van der Waals surface area contributed by atoms with E-state index in [-0.39, 0.29) is 12.5 Å². The fraction of sp³-hybridized carbons (Fsp3) is 0.458. The number of hydrogen-bond donors (Lipinski definition) is 0. The lowest BCUT2D eigenvalue weighted by molar-refractivity contribution is -0.131. The zero-order chi connectivity index (χ0) is 21.1. The highest BCUT2D eigenvalue weighted by atomic mass is 19.1. The second-order valence-corrected chi connectivity index (χ2v) is 8.34. The van der Waals surface area contributed by atoms with Gasteiger partial charge in [-0.15, -0.1) is 0 Å². The Hall–Kier alpha value is -2.47. The second-order valence-electron chi connectivity index (χ2n) is 8.34. The summed E-state index contributed by atoms with van der Waals surface area (Å²) in [5, 5.41) is 0. The van der Waals surface area contributed by atoms with Gasteiger partial charge in [0.25, 0.3) is 0 Å². The van der Waals surface area contributed by atoms with Crippen LogP contribution in [0.25, 0.3) is 0 Å². The van der Waals surface area contributed by atoms with Crippen molar-refractivity contribution < 1.29 is 13.6 Å². The molecule has 2 aromatic rings. The third kappa shape index (κ3) is 4.64. The molecular weight excluding hydrogens is 384 g/mol. The molecule has 160 valence electrons. The molecule has 0 aromatic heterocycles. The van der Waals surface area contributed by atoms with Crippen molar-refractivity contribution in [2.24, 2.45) is 0 Å². The number of benzene rings is 2. The molecule has 4 rings (SSSR count). The SMILES string of the molecule is Cc1ccccc1N1CCN(C2CCC(=O)N(Cc3ccc(F)cc3F)CC2)CC1. The number of hydrogen-bond acceptors (Lipinski definition) is 3. The summed E-state index contributed by atoms with van der Waals surface area (Å²) in [6.45, 7) is 6.91. The van der Waals surface area contributed by atoms with Gasteiger partial charge in [0.2, 0.25) is 5.91 Å². The fourth-order valence-corrected chi connectivity index (χ4v) is 4.66. The van der Waals surface area contributed by atoms with E-state index in [1.807, 2.05) is 0 Å². The predicted octanol–water partition coefficient (Wildman–Crippen LogP) is 3.98. The molecule has 2 saturated heterocycles. The van der Waals surface area contributed by atoms with Gasteiger partial charge in [0.05, 0.1) is 0 Å². The van der Waals surface area contributed by atoms with Crippen molar-refractivity contribution in [1.82, 2.24) is 9.80 Å². The summed E-state index contributed by atoms with van der Waals surface area (Å²) in [6.07, 6.45) is 2.20. The molecular formula is C24H29F2N3O. The first-order valence-corrected chi connectivity index (χ1v) is 10.8. The van der Waals surface area contributed by atoms with Crippen LogP contribution in [0.15, 0.2) is 42.5 Å². The normalized spacial score (nSPS) is 21.0. The Balaban J connectivity index is 1.34. The molecule has 4 nitrogen and oxygen atoms in total.